The third kappa shape index (κ3) is 9.94. The van der Waals surface area contributed by atoms with E-state index < -0.39 is 26.8 Å². The minimum atomic E-state index is -1.69. The molecule has 0 amide bonds. The average Bonchev–Trinajstić information content (AvgIpc) is 3.33. The van der Waals surface area contributed by atoms with E-state index in [4.69, 9.17) is 43.5 Å². The third-order valence-corrected chi connectivity index (χ3v) is 7.14. The number of aliphatic hydroxyl groups excluding tert-OH is 1. The molecule has 1 aromatic carbocycles. The van der Waals surface area contributed by atoms with Crippen molar-refractivity contribution in [3.63, 3.8) is 0 Å². The molecule has 8 nitrogen and oxygen atoms in total. The second-order valence-corrected chi connectivity index (χ2v) is 12.3. The summed E-state index contributed by atoms with van der Waals surface area (Å²) in [6.07, 6.45) is 2.00. The molecule has 1 saturated heterocycles. The van der Waals surface area contributed by atoms with Gasteiger partial charge in [-0.1, -0.05) is 69.2 Å². The van der Waals surface area contributed by atoms with Crippen LogP contribution >= 0.6 is 20.8 Å². The minimum Gasteiger partial charge on any atom is -0.426 e. The van der Waals surface area contributed by atoms with Crippen LogP contribution in [0.15, 0.2) is 17.1 Å². The lowest BCUT2D eigenvalue weighted by Gasteiger charge is -2.33. The van der Waals surface area contributed by atoms with Gasteiger partial charge in [0.2, 0.25) is 5.82 Å². The molecular weight excluding hydrogens is 572 g/mol. The summed E-state index contributed by atoms with van der Waals surface area (Å²) in [4.78, 5) is 13.1. The molecule has 2 aliphatic heterocycles. The third-order valence-electron chi connectivity index (χ3n) is 5.83. The Hall–Kier alpha value is -1.69. The van der Waals surface area contributed by atoms with Crippen molar-refractivity contribution >= 4 is 28.7 Å². The number of aliphatic hydroxyl groups is 1. The van der Waals surface area contributed by atoms with E-state index in [-0.39, 0.29) is 40.3 Å². The van der Waals surface area contributed by atoms with Crippen LogP contribution in [0.5, 0.6) is 5.75 Å². The SMILES string of the molecule is CC.CC.CC(C)(C)c1cc(C(C)(C)C)c2c(c1F)COP(OCO)O2.[B][C@@H]1CCC(n2cc(F)c(=O)[nH]c2=S)O1. The maximum Gasteiger partial charge on any atom is 0.399 e. The topological polar surface area (TPSA) is 94.9 Å². The molecule has 230 valence electrons. The molecule has 13 heteroatoms. The molecule has 2 aliphatic rings. The summed E-state index contributed by atoms with van der Waals surface area (Å²) in [6, 6.07) is 1.53. The van der Waals surface area contributed by atoms with Crippen molar-refractivity contribution in [1.29, 1.82) is 0 Å². The number of halogens is 2. The number of hydrogen-bond acceptors (Lipinski definition) is 7. The van der Waals surface area contributed by atoms with Gasteiger partial charge >= 0.3 is 8.60 Å². The lowest BCUT2D eigenvalue weighted by molar-refractivity contribution is 0.0346. The quantitative estimate of drug-likeness (QED) is 0.160. The number of fused-ring (bicyclic) bond motifs is 1. The van der Waals surface area contributed by atoms with Crippen molar-refractivity contribution < 1.29 is 32.2 Å². The van der Waals surface area contributed by atoms with E-state index in [1.165, 1.54) is 4.57 Å². The van der Waals surface area contributed by atoms with Gasteiger partial charge in [0.25, 0.3) is 5.56 Å². The number of aromatic nitrogens is 2. The lowest BCUT2D eigenvalue weighted by Crippen LogP contribution is -2.23. The smallest absolute Gasteiger partial charge is 0.399 e. The molecule has 2 N–H and O–H groups in total. The summed E-state index contributed by atoms with van der Waals surface area (Å²) in [5.74, 6) is -0.675. The van der Waals surface area contributed by atoms with E-state index >= 15 is 0 Å². The number of hydrogen-bond donors (Lipinski definition) is 2. The molecule has 0 aliphatic carbocycles. The number of benzene rings is 1. The Morgan fingerprint density at radius 1 is 1.12 bits per heavy atom. The van der Waals surface area contributed by atoms with Crippen LogP contribution in [0.4, 0.5) is 8.78 Å². The first kappa shape index (κ1) is 37.3. The van der Waals surface area contributed by atoms with Gasteiger partial charge in [0.05, 0.1) is 18.4 Å². The van der Waals surface area contributed by atoms with Gasteiger partial charge in [0.1, 0.15) is 25.6 Å². The minimum absolute atomic E-state index is 0.0832. The molecule has 3 heterocycles. The van der Waals surface area contributed by atoms with Gasteiger partial charge in [-0.05, 0) is 47.5 Å². The van der Waals surface area contributed by atoms with E-state index in [0.29, 0.717) is 29.7 Å². The van der Waals surface area contributed by atoms with Crippen molar-refractivity contribution in [2.75, 3.05) is 6.79 Å². The molecule has 4 rings (SSSR count). The van der Waals surface area contributed by atoms with Gasteiger partial charge < -0.3 is 14.4 Å². The maximum absolute atomic E-state index is 14.9. The fourth-order valence-corrected chi connectivity index (χ4v) is 5.02. The Labute approximate surface area is 250 Å². The van der Waals surface area contributed by atoms with Crippen LogP contribution in [-0.2, 0) is 31.2 Å². The fraction of sp³-hybridized carbons (Fsp3) is 0.643. The molecule has 0 spiro atoms. The highest BCUT2D eigenvalue weighted by molar-refractivity contribution is 7.71. The highest BCUT2D eigenvalue weighted by Gasteiger charge is 2.35. The molecule has 1 aromatic heterocycles. The van der Waals surface area contributed by atoms with Gasteiger partial charge in [0.15, 0.2) is 11.6 Å². The van der Waals surface area contributed by atoms with Crippen molar-refractivity contribution in [3.8, 4) is 5.75 Å². The van der Waals surface area contributed by atoms with Gasteiger partial charge in [-0.2, -0.15) is 4.39 Å². The number of nitrogens with one attached hydrogen (secondary N) is 1. The number of rotatable bonds is 3. The highest BCUT2D eigenvalue weighted by atomic mass is 32.1. The van der Waals surface area contributed by atoms with Crippen molar-refractivity contribution in [1.82, 2.24) is 9.55 Å². The molecular formula is C28H44BF2N2O6PS. The molecule has 0 bridgehead atoms. The van der Waals surface area contributed by atoms with Crippen LogP contribution < -0.4 is 10.1 Å². The summed E-state index contributed by atoms with van der Waals surface area (Å²) in [5, 5.41) is 8.86. The first-order valence-corrected chi connectivity index (χ1v) is 15.3. The van der Waals surface area contributed by atoms with Gasteiger partial charge in [-0.3, -0.25) is 23.4 Å². The van der Waals surface area contributed by atoms with Gasteiger partial charge in [0, 0.05) is 11.6 Å². The molecule has 2 aromatic rings. The molecule has 1 fully saturated rings. The fourth-order valence-electron chi connectivity index (χ4n) is 3.89. The van der Waals surface area contributed by atoms with Crippen LogP contribution in [0.3, 0.4) is 0 Å². The first-order valence-electron chi connectivity index (χ1n) is 13.8. The van der Waals surface area contributed by atoms with Crippen LogP contribution in [0, 0.1) is 16.4 Å². The summed E-state index contributed by atoms with van der Waals surface area (Å²) in [7, 11) is 3.86. The number of H-pyrrole nitrogens is 1. The van der Waals surface area contributed by atoms with E-state index in [2.05, 4.69) is 25.8 Å². The van der Waals surface area contributed by atoms with Crippen molar-refractivity contribution in [2.45, 2.75) is 112 Å². The van der Waals surface area contributed by atoms with Crippen molar-refractivity contribution in [2.24, 2.45) is 0 Å². The zero-order valence-electron chi connectivity index (χ0n) is 25.8. The predicted octanol–water partition coefficient (Wildman–Crippen LogP) is 7.42. The number of ether oxygens (including phenoxy) is 1. The summed E-state index contributed by atoms with van der Waals surface area (Å²) >= 11 is 4.89. The molecule has 3 atom stereocenters. The average molecular weight is 617 g/mol. The normalized spacial score (nSPS) is 19.8. The Balaban J connectivity index is 0.000000385. The van der Waals surface area contributed by atoms with Crippen LogP contribution in [0.25, 0.3) is 0 Å². The molecule has 41 heavy (non-hydrogen) atoms. The Morgan fingerprint density at radius 3 is 2.20 bits per heavy atom. The Kier molecular flexibility index (Phi) is 14.8. The lowest BCUT2D eigenvalue weighted by atomic mass is 9.78. The molecule has 0 saturated carbocycles. The van der Waals surface area contributed by atoms with E-state index in [9.17, 15) is 13.6 Å². The highest BCUT2D eigenvalue weighted by Crippen LogP contribution is 2.52. The van der Waals surface area contributed by atoms with E-state index in [1.54, 1.807) is 0 Å². The monoisotopic (exact) mass is 616 g/mol. The summed E-state index contributed by atoms with van der Waals surface area (Å²) < 4.78 is 50.8. The Bertz CT molecular complexity index is 1250. The number of nitrogens with zero attached hydrogens (tertiary/aromatic N) is 1. The zero-order valence-corrected chi connectivity index (χ0v) is 27.5. The molecule has 2 radical (unpaired) electrons. The second kappa shape index (κ2) is 16.2. The van der Waals surface area contributed by atoms with Crippen molar-refractivity contribution in [3.05, 3.63) is 55.7 Å². The standard InChI is InChI=1S/C16H24FO4P.C8H8BFN2O2S.2C2H6/c1-15(2,3)11-7-12(16(4,5)6)14-10(13(11)17)8-19-22(21-14)20-9-18;9-5-1-2-6(14-5)12-3-4(10)7(13)11-8(12)15;2*1-2/h7,18H,8-9H2,1-6H3;3,5-6H,1-2H2,(H,11,13,15);2*1-2H3/t;5-,6?;;/m.0../s1. The summed E-state index contributed by atoms with van der Waals surface area (Å²) in [5.41, 5.74) is 0.651. The largest absolute Gasteiger partial charge is 0.426 e. The van der Waals surface area contributed by atoms with E-state index in [0.717, 1.165) is 11.8 Å². The number of aromatic amines is 1. The maximum atomic E-state index is 14.9. The zero-order chi connectivity index (χ0) is 31.7. The van der Waals surface area contributed by atoms with Gasteiger partial charge in [-0.15, -0.1) is 0 Å². The van der Waals surface area contributed by atoms with Crippen LogP contribution in [0.2, 0.25) is 0 Å². The predicted molar refractivity (Wildman–Crippen MR) is 162 cm³/mol. The Morgan fingerprint density at radius 2 is 1.71 bits per heavy atom. The van der Waals surface area contributed by atoms with Crippen LogP contribution in [-0.4, -0.2) is 35.3 Å². The summed E-state index contributed by atoms with van der Waals surface area (Å²) in [6.45, 7) is 19.7. The van der Waals surface area contributed by atoms with Gasteiger partial charge in [-0.25, -0.2) is 4.39 Å². The molecule has 2 unspecified atom stereocenters. The second-order valence-electron chi connectivity index (χ2n) is 10.8. The van der Waals surface area contributed by atoms with E-state index in [1.807, 2.05) is 54.5 Å². The van der Waals surface area contributed by atoms with Crippen LogP contribution in [0.1, 0.15) is 105 Å². The first-order chi connectivity index (χ1) is 19.1.